The molecular weight excluding hydrogens is 342 g/mol. The fourth-order valence-corrected chi connectivity index (χ4v) is 1.73. The van der Waals surface area contributed by atoms with Gasteiger partial charge < -0.3 is 4.74 Å². The number of rotatable bonds is 7. The fraction of sp³-hybridized carbons (Fsp3) is 0.412. The summed E-state index contributed by atoms with van der Waals surface area (Å²) in [5, 5.41) is 14.5. The molecule has 0 radical (unpaired) electrons. The van der Waals surface area contributed by atoms with Crippen LogP contribution in [-0.2, 0) is 14.3 Å². The topological polar surface area (TPSA) is 128 Å². The van der Waals surface area contributed by atoms with Crippen LogP contribution >= 0.6 is 0 Å². The van der Waals surface area contributed by atoms with Crippen molar-refractivity contribution < 1.29 is 24.0 Å². The van der Waals surface area contributed by atoms with Gasteiger partial charge in [-0.1, -0.05) is 26.8 Å². The van der Waals surface area contributed by atoms with E-state index in [0.717, 1.165) is 6.07 Å². The molecule has 0 saturated carbocycles. The van der Waals surface area contributed by atoms with Crippen LogP contribution in [0.5, 0.6) is 0 Å². The number of Topliss-reactive ketones (excluding diaryl/α,β-unsaturated/α-hetero) is 1. The number of esters is 1. The minimum Gasteiger partial charge on any atom is -0.461 e. The van der Waals surface area contributed by atoms with Crippen LogP contribution < -0.4 is 5.43 Å². The molecule has 0 saturated heterocycles. The number of nitrogens with zero attached hydrogens (tertiary/aromatic N) is 2. The van der Waals surface area contributed by atoms with Gasteiger partial charge in [-0.15, -0.1) is 0 Å². The van der Waals surface area contributed by atoms with Gasteiger partial charge in [0, 0.05) is 23.1 Å². The Morgan fingerprint density at radius 2 is 1.92 bits per heavy atom. The number of ketones is 1. The van der Waals surface area contributed by atoms with Crippen molar-refractivity contribution in [3.05, 3.63) is 39.9 Å². The van der Waals surface area contributed by atoms with Gasteiger partial charge in [0.2, 0.25) is 0 Å². The predicted octanol–water partition coefficient (Wildman–Crippen LogP) is 2.25. The van der Waals surface area contributed by atoms with E-state index in [0.29, 0.717) is 0 Å². The molecule has 1 rings (SSSR count). The lowest BCUT2D eigenvalue weighted by Crippen LogP contribution is -2.30. The first-order valence-corrected chi connectivity index (χ1v) is 7.88. The highest BCUT2D eigenvalue weighted by Gasteiger charge is 2.26. The molecule has 1 amide bonds. The number of carbonyl (C=O) groups excluding carboxylic acids is 3. The summed E-state index contributed by atoms with van der Waals surface area (Å²) < 4.78 is 4.84. The van der Waals surface area contributed by atoms with Crippen LogP contribution in [0.15, 0.2) is 29.4 Å². The van der Waals surface area contributed by atoms with E-state index in [9.17, 15) is 24.5 Å². The summed E-state index contributed by atoms with van der Waals surface area (Å²) in [5.74, 6) is -1.82. The number of nitro benzene ring substituents is 1. The normalized spacial score (nSPS) is 11.6. The number of non-ortho nitro benzene ring substituents is 1. The molecule has 0 heterocycles. The molecule has 9 heteroatoms. The largest absolute Gasteiger partial charge is 0.461 e. The van der Waals surface area contributed by atoms with Gasteiger partial charge in [-0.25, -0.2) is 10.2 Å². The first-order chi connectivity index (χ1) is 12.1. The van der Waals surface area contributed by atoms with E-state index in [1.54, 1.807) is 27.7 Å². The summed E-state index contributed by atoms with van der Waals surface area (Å²) in [6, 6.07) is 5.04. The first kappa shape index (κ1) is 20.9. The molecule has 0 unspecified atom stereocenters. The maximum absolute atomic E-state index is 12.1. The van der Waals surface area contributed by atoms with Crippen molar-refractivity contribution in [2.45, 2.75) is 34.1 Å². The Morgan fingerprint density at radius 3 is 2.46 bits per heavy atom. The van der Waals surface area contributed by atoms with E-state index in [2.05, 4.69) is 10.5 Å². The van der Waals surface area contributed by atoms with Crippen LogP contribution in [0.4, 0.5) is 5.69 Å². The van der Waals surface area contributed by atoms with E-state index < -0.39 is 22.2 Å². The Balaban J connectivity index is 3.00. The SMILES string of the molecule is CCOC(=O)C(CC(=O)C(C)(C)C)=NNC(=O)c1cccc([N+](=O)[O-])c1. The molecule has 1 aromatic rings. The van der Waals surface area contributed by atoms with Gasteiger partial charge >= 0.3 is 5.97 Å². The van der Waals surface area contributed by atoms with Crippen molar-refractivity contribution in [1.29, 1.82) is 0 Å². The van der Waals surface area contributed by atoms with Crippen LogP contribution in [0, 0.1) is 15.5 Å². The maximum Gasteiger partial charge on any atom is 0.354 e. The molecule has 1 N–H and O–H groups in total. The van der Waals surface area contributed by atoms with Crippen molar-refractivity contribution >= 4 is 29.1 Å². The summed E-state index contributed by atoms with van der Waals surface area (Å²) in [5.41, 5.74) is 0.932. The van der Waals surface area contributed by atoms with E-state index in [-0.39, 0.29) is 35.8 Å². The highest BCUT2D eigenvalue weighted by Crippen LogP contribution is 2.17. The molecule has 0 aliphatic heterocycles. The molecule has 0 fully saturated rings. The Bertz CT molecular complexity index is 749. The third-order valence-electron chi connectivity index (χ3n) is 3.29. The molecule has 0 aromatic heterocycles. The second-order valence-electron chi connectivity index (χ2n) is 6.38. The van der Waals surface area contributed by atoms with Crippen molar-refractivity contribution in [2.75, 3.05) is 6.61 Å². The number of hydrogen-bond donors (Lipinski definition) is 1. The Kier molecular flexibility index (Phi) is 7.12. The lowest BCUT2D eigenvalue weighted by atomic mass is 9.88. The van der Waals surface area contributed by atoms with Gasteiger partial charge in [0.15, 0.2) is 5.71 Å². The minimum atomic E-state index is -0.815. The molecule has 9 nitrogen and oxygen atoms in total. The summed E-state index contributed by atoms with van der Waals surface area (Å²) in [7, 11) is 0. The fourth-order valence-electron chi connectivity index (χ4n) is 1.73. The van der Waals surface area contributed by atoms with Crippen LogP contribution in [0.25, 0.3) is 0 Å². The molecule has 140 valence electrons. The maximum atomic E-state index is 12.1. The third kappa shape index (κ3) is 6.08. The average molecular weight is 363 g/mol. The zero-order chi connectivity index (χ0) is 19.9. The van der Waals surface area contributed by atoms with Gasteiger partial charge in [-0.2, -0.15) is 5.10 Å². The molecule has 26 heavy (non-hydrogen) atoms. The van der Waals surface area contributed by atoms with Crippen LogP contribution in [0.1, 0.15) is 44.5 Å². The molecule has 0 bridgehead atoms. The number of benzene rings is 1. The lowest BCUT2D eigenvalue weighted by molar-refractivity contribution is -0.384. The molecule has 0 atom stereocenters. The quantitative estimate of drug-likeness (QED) is 0.342. The molecule has 1 aromatic carbocycles. The summed E-state index contributed by atoms with van der Waals surface area (Å²) in [6.45, 7) is 6.77. The van der Waals surface area contributed by atoms with E-state index in [1.165, 1.54) is 18.2 Å². The van der Waals surface area contributed by atoms with E-state index in [4.69, 9.17) is 4.74 Å². The zero-order valence-electron chi connectivity index (χ0n) is 15.1. The highest BCUT2D eigenvalue weighted by molar-refractivity contribution is 6.40. The Labute approximate surface area is 150 Å². The number of nitrogens with one attached hydrogen (secondary N) is 1. The summed E-state index contributed by atoms with van der Waals surface area (Å²) >= 11 is 0. The van der Waals surface area contributed by atoms with Crippen molar-refractivity contribution in [3.8, 4) is 0 Å². The monoisotopic (exact) mass is 363 g/mol. The van der Waals surface area contributed by atoms with Gasteiger partial charge in [-0.3, -0.25) is 19.7 Å². The summed E-state index contributed by atoms with van der Waals surface area (Å²) in [6.07, 6.45) is -0.308. The third-order valence-corrected chi connectivity index (χ3v) is 3.29. The molecular formula is C17H21N3O6. The predicted molar refractivity (Wildman–Crippen MR) is 93.7 cm³/mol. The van der Waals surface area contributed by atoms with Crippen LogP contribution in [-0.4, -0.2) is 34.9 Å². The molecule has 0 aliphatic carbocycles. The van der Waals surface area contributed by atoms with Gasteiger partial charge in [0.25, 0.3) is 11.6 Å². The number of nitro groups is 1. The second-order valence-corrected chi connectivity index (χ2v) is 6.38. The Hall–Kier alpha value is -3.10. The standard InChI is InChI=1S/C17H21N3O6/c1-5-26-16(23)13(10-14(21)17(2,3)4)18-19-15(22)11-7-6-8-12(9-11)20(24)25/h6-9H,5,10H2,1-4H3,(H,19,22). The highest BCUT2D eigenvalue weighted by atomic mass is 16.6. The van der Waals surface area contributed by atoms with Gasteiger partial charge in [-0.05, 0) is 13.0 Å². The van der Waals surface area contributed by atoms with Crippen molar-refractivity contribution in [3.63, 3.8) is 0 Å². The molecule has 0 spiro atoms. The number of hydrogen-bond acceptors (Lipinski definition) is 7. The minimum absolute atomic E-state index is 0.00620. The number of hydrazone groups is 1. The van der Waals surface area contributed by atoms with E-state index in [1.807, 2.05) is 0 Å². The van der Waals surface area contributed by atoms with Crippen LogP contribution in [0.3, 0.4) is 0 Å². The summed E-state index contributed by atoms with van der Waals surface area (Å²) in [4.78, 5) is 46.3. The van der Waals surface area contributed by atoms with E-state index >= 15 is 0 Å². The average Bonchev–Trinajstić information content (AvgIpc) is 2.57. The number of ether oxygens (including phenoxy) is 1. The number of amides is 1. The number of carbonyl (C=O) groups is 3. The van der Waals surface area contributed by atoms with Crippen molar-refractivity contribution in [2.24, 2.45) is 10.5 Å². The molecule has 0 aliphatic rings. The Morgan fingerprint density at radius 1 is 1.27 bits per heavy atom. The van der Waals surface area contributed by atoms with Gasteiger partial charge in [0.1, 0.15) is 5.78 Å². The van der Waals surface area contributed by atoms with Crippen molar-refractivity contribution in [1.82, 2.24) is 5.43 Å². The lowest BCUT2D eigenvalue weighted by Gasteiger charge is -2.16. The first-order valence-electron chi connectivity index (χ1n) is 7.88. The van der Waals surface area contributed by atoms with Crippen LogP contribution in [0.2, 0.25) is 0 Å². The van der Waals surface area contributed by atoms with Gasteiger partial charge in [0.05, 0.1) is 18.0 Å². The zero-order valence-corrected chi connectivity index (χ0v) is 15.1. The second kappa shape index (κ2) is 8.84. The smallest absolute Gasteiger partial charge is 0.354 e.